The standard InChI is InChI=1S/C14H16N2O5S/c17-12(11-10-9(6-22-11)19-4-5-20-10)16-3-1-2-14(8-16)7-15-13(18)21-14/h6H,1-5,7-8H2,(H,15,18)/t14-/m1/s1. The van der Waals surface area contributed by atoms with E-state index in [0.29, 0.717) is 49.2 Å². The van der Waals surface area contributed by atoms with Gasteiger partial charge in [-0.2, -0.15) is 0 Å². The Bertz CT molecular complexity index is 631. The number of amides is 2. The number of fused-ring (bicyclic) bond motifs is 1. The molecule has 3 aliphatic rings. The number of likely N-dealkylation sites (tertiary alicyclic amines) is 1. The molecule has 2 amide bonds. The van der Waals surface area contributed by atoms with Gasteiger partial charge < -0.3 is 24.4 Å². The third kappa shape index (κ3) is 2.18. The van der Waals surface area contributed by atoms with Gasteiger partial charge in [0.05, 0.1) is 13.1 Å². The van der Waals surface area contributed by atoms with Gasteiger partial charge in [0.2, 0.25) is 0 Å². The number of nitrogens with zero attached hydrogens (tertiary/aromatic N) is 1. The normalized spacial score (nSPS) is 26.7. The number of hydrogen-bond donors (Lipinski definition) is 1. The van der Waals surface area contributed by atoms with Crippen LogP contribution in [0, 0.1) is 0 Å². The van der Waals surface area contributed by atoms with E-state index in [2.05, 4.69) is 5.32 Å². The molecule has 0 saturated carbocycles. The smallest absolute Gasteiger partial charge is 0.407 e. The van der Waals surface area contributed by atoms with Crippen LogP contribution in [0.5, 0.6) is 11.5 Å². The summed E-state index contributed by atoms with van der Waals surface area (Å²) in [6.45, 7) is 2.49. The Labute approximate surface area is 131 Å². The monoisotopic (exact) mass is 324 g/mol. The van der Waals surface area contributed by atoms with Crippen molar-refractivity contribution in [1.29, 1.82) is 0 Å². The average molecular weight is 324 g/mol. The van der Waals surface area contributed by atoms with Crippen LogP contribution >= 0.6 is 11.3 Å². The summed E-state index contributed by atoms with van der Waals surface area (Å²) in [5.41, 5.74) is -0.584. The molecule has 118 valence electrons. The lowest BCUT2D eigenvalue weighted by molar-refractivity contribution is -0.00504. The van der Waals surface area contributed by atoms with Crippen molar-refractivity contribution in [1.82, 2.24) is 10.2 Å². The number of carbonyl (C=O) groups excluding carboxylic acids is 2. The lowest BCUT2D eigenvalue weighted by atomic mass is 9.93. The number of ether oxygens (including phenoxy) is 3. The number of hydrogen-bond acceptors (Lipinski definition) is 6. The first kappa shape index (κ1) is 13.7. The van der Waals surface area contributed by atoms with Crippen molar-refractivity contribution in [2.45, 2.75) is 18.4 Å². The minimum atomic E-state index is -0.584. The van der Waals surface area contributed by atoms with Crippen LogP contribution in [-0.2, 0) is 4.74 Å². The summed E-state index contributed by atoms with van der Waals surface area (Å²) in [5.74, 6) is 1.10. The summed E-state index contributed by atoms with van der Waals surface area (Å²) < 4.78 is 16.5. The first-order valence-electron chi connectivity index (χ1n) is 7.30. The zero-order valence-corrected chi connectivity index (χ0v) is 12.7. The highest BCUT2D eigenvalue weighted by Gasteiger charge is 2.45. The molecule has 1 aromatic heterocycles. The number of piperidine rings is 1. The molecule has 4 heterocycles. The summed E-state index contributed by atoms with van der Waals surface area (Å²) in [6.07, 6.45) is 1.18. The van der Waals surface area contributed by atoms with E-state index in [9.17, 15) is 9.59 Å². The summed E-state index contributed by atoms with van der Waals surface area (Å²) >= 11 is 1.33. The highest BCUT2D eigenvalue weighted by molar-refractivity contribution is 7.12. The average Bonchev–Trinajstić information content (AvgIpc) is 3.11. The van der Waals surface area contributed by atoms with E-state index in [1.165, 1.54) is 11.3 Å². The van der Waals surface area contributed by atoms with E-state index >= 15 is 0 Å². The predicted octanol–water partition coefficient (Wildman–Crippen LogP) is 1.23. The highest BCUT2D eigenvalue weighted by atomic mass is 32.1. The Morgan fingerprint density at radius 2 is 2.23 bits per heavy atom. The van der Waals surface area contributed by atoms with Crippen LogP contribution in [0.4, 0.5) is 4.79 Å². The van der Waals surface area contributed by atoms with Crippen molar-refractivity contribution in [3.63, 3.8) is 0 Å². The molecule has 2 saturated heterocycles. The van der Waals surface area contributed by atoms with E-state index in [1.54, 1.807) is 10.3 Å². The molecule has 22 heavy (non-hydrogen) atoms. The molecule has 1 aromatic rings. The van der Waals surface area contributed by atoms with Crippen molar-refractivity contribution in [2.24, 2.45) is 0 Å². The topological polar surface area (TPSA) is 77.1 Å². The van der Waals surface area contributed by atoms with Gasteiger partial charge in [-0.1, -0.05) is 0 Å². The summed E-state index contributed by atoms with van der Waals surface area (Å²) in [5, 5.41) is 4.49. The molecule has 8 heteroatoms. The van der Waals surface area contributed by atoms with Gasteiger partial charge in [-0.15, -0.1) is 11.3 Å². The van der Waals surface area contributed by atoms with Crippen LogP contribution < -0.4 is 14.8 Å². The van der Waals surface area contributed by atoms with Gasteiger partial charge in [0.1, 0.15) is 23.7 Å². The van der Waals surface area contributed by atoms with Gasteiger partial charge in [-0.3, -0.25) is 4.79 Å². The number of nitrogens with one attached hydrogen (secondary N) is 1. The molecule has 0 aromatic carbocycles. The molecule has 1 spiro atoms. The maximum atomic E-state index is 12.8. The summed E-state index contributed by atoms with van der Waals surface area (Å²) in [7, 11) is 0. The minimum absolute atomic E-state index is 0.0845. The quantitative estimate of drug-likeness (QED) is 0.841. The van der Waals surface area contributed by atoms with Gasteiger partial charge in [0.25, 0.3) is 5.91 Å². The summed E-state index contributed by atoms with van der Waals surface area (Å²) in [6, 6.07) is 0. The minimum Gasteiger partial charge on any atom is -0.485 e. The second-order valence-corrected chi connectivity index (χ2v) is 6.59. The molecule has 4 rings (SSSR count). The van der Waals surface area contributed by atoms with E-state index in [0.717, 1.165) is 12.8 Å². The molecule has 7 nitrogen and oxygen atoms in total. The SMILES string of the molecule is O=C1NC[C@@]2(CCCN(C(=O)c3scc4c3OCCO4)C2)O1. The second kappa shape index (κ2) is 5.05. The number of alkyl carbamates (subject to hydrolysis) is 1. The fraction of sp³-hybridized carbons (Fsp3) is 0.571. The van der Waals surface area contributed by atoms with Gasteiger partial charge >= 0.3 is 6.09 Å². The third-order valence-corrected chi connectivity index (χ3v) is 5.11. The maximum Gasteiger partial charge on any atom is 0.407 e. The molecular weight excluding hydrogens is 308 g/mol. The fourth-order valence-corrected chi connectivity index (χ4v) is 4.05. The van der Waals surface area contributed by atoms with E-state index < -0.39 is 11.7 Å². The van der Waals surface area contributed by atoms with Crippen molar-refractivity contribution >= 4 is 23.3 Å². The Balaban J connectivity index is 1.55. The van der Waals surface area contributed by atoms with Crippen molar-refractivity contribution in [3.8, 4) is 11.5 Å². The van der Waals surface area contributed by atoms with Crippen molar-refractivity contribution in [2.75, 3.05) is 32.8 Å². The highest BCUT2D eigenvalue weighted by Crippen LogP contribution is 2.40. The Kier molecular flexibility index (Phi) is 3.14. The lowest BCUT2D eigenvalue weighted by Gasteiger charge is -2.38. The molecule has 2 fully saturated rings. The van der Waals surface area contributed by atoms with Gasteiger partial charge in [0, 0.05) is 11.9 Å². The molecule has 1 N–H and O–H groups in total. The largest absolute Gasteiger partial charge is 0.485 e. The van der Waals surface area contributed by atoms with Crippen LogP contribution in [0.3, 0.4) is 0 Å². The van der Waals surface area contributed by atoms with E-state index in [1.807, 2.05) is 0 Å². The third-order valence-electron chi connectivity index (χ3n) is 4.19. The zero-order chi connectivity index (χ0) is 15.2. The maximum absolute atomic E-state index is 12.8. The molecule has 3 aliphatic heterocycles. The molecule has 0 aliphatic carbocycles. The molecule has 1 atom stereocenters. The van der Waals surface area contributed by atoms with Crippen LogP contribution in [0.25, 0.3) is 0 Å². The van der Waals surface area contributed by atoms with Crippen LogP contribution in [0.2, 0.25) is 0 Å². The number of thiophene rings is 1. The number of rotatable bonds is 1. The predicted molar refractivity (Wildman–Crippen MR) is 77.7 cm³/mol. The molecular formula is C14H16N2O5S. The van der Waals surface area contributed by atoms with Crippen LogP contribution in [-0.4, -0.2) is 55.3 Å². The Hall–Kier alpha value is -1.96. The molecule has 0 radical (unpaired) electrons. The van der Waals surface area contributed by atoms with Crippen LogP contribution in [0.15, 0.2) is 5.38 Å². The summed E-state index contributed by atoms with van der Waals surface area (Å²) in [4.78, 5) is 26.4. The Morgan fingerprint density at radius 3 is 3.05 bits per heavy atom. The molecule has 0 bridgehead atoms. The van der Waals surface area contributed by atoms with Gasteiger partial charge in [-0.25, -0.2) is 4.79 Å². The zero-order valence-electron chi connectivity index (χ0n) is 11.9. The first-order chi connectivity index (χ1) is 10.7. The van der Waals surface area contributed by atoms with Crippen molar-refractivity contribution < 1.29 is 23.8 Å². The van der Waals surface area contributed by atoms with Crippen molar-refractivity contribution in [3.05, 3.63) is 10.3 Å². The van der Waals surface area contributed by atoms with E-state index in [-0.39, 0.29) is 5.91 Å². The lowest BCUT2D eigenvalue weighted by Crippen LogP contribution is -2.52. The number of carbonyl (C=O) groups is 2. The van der Waals surface area contributed by atoms with E-state index in [4.69, 9.17) is 14.2 Å². The fourth-order valence-electron chi connectivity index (χ4n) is 3.16. The van der Waals surface area contributed by atoms with Crippen LogP contribution in [0.1, 0.15) is 22.5 Å². The first-order valence-corrected chi connectivity index (χ1v) is 8.18. The van der Waals surface area contributed by atoms with Gasteiger partial charge in [0.15, 0.2) is 11.5 Å². The Morgan fingerprint density at radius 1 is 1.36 bits per heavy atom. The molecule has 0 unspecified atom stereocenters. The van der Waals surface area contributed by atoms with Gasteiger partial charge in [-0.05, 0) is 12.8 Å². The second-order valence-electron chi connectivity index (χ2n) is 5.71.